The second kappa shape index (κ2) is 5.52. The first-order chi connectivity index (χ1) is 11.5. The zero-order chi connectivity index (χ0) is 16.8. The van der Waals surface area contributed by atoms with Gasteiger partial charge >= 0.3 is 0 Å². The summed E-state index contributed by atoms with van der Waals surface area (Å²) in [6.45, 7) is 6.50. The van der Waals surface area contributed by atoms with Crippen molar-refractivity contribution in [3.8, 4) is 11.1 Å². The van der Waals surface area contributed by atoms with E-state index in [1.807, 2.05) is 0 Å². The fourth-order valence-electron chi connectivity index (χ4n) is 3.62. The molecule has 24 heavy (non-hydrogen) atoms. The summed E-state index contributed by atoms with van der Waals surface area (Å²) in [5, 5.41) is 0. The Balaban J connectivity index is 1.71. The highest BCUT2D eigenvalue weighted by molar-refractivity contribution is 5.80. The number of hydrogen-bond acceptors (Lipinski definition) is 1. The molecule has 0 aromatic heterocycles. The van der Waals surface area contributed by atoms with E-state index >= 15 is 0 Å². The molecular weight excluding hydrogens is 290 g/mol. The van der Waals surface area contributed by atoms with Crippen LogP contribution in [0.3, 0.4) is 0 Å². The lowest BCUT2D eigenvalue weighted by Gasteiger charge is -2.21. The van der Waals surface area contributed by atoms with Crippen molar-refractivity contribution in [3.63, 3.8) is 0 Å². The van der Waals surface area contributed by atoms with Gasteiger partial charge in [-0.15, -0.1) is 0 Å². The molecule has 0 atom stereocenters. The van der Waals surface area contributed by atoms with Crippen LogP contribution in [0.25, 0.3) is 11.1 Å². The van der Waals surface area contributed by atoms with Crippen molar-refractivity contribution in [3.05, 3.63) is 82.4 Å². The number of benzene rings is 3. The second-order valence-electron chi connectivity index (χ2n) is 7.01. The van der Waals surface area contributed by atoms with E-state index in [1.165, 1.54) is 50.3 Å². The van der Waals surface area contributed by atoms with Gasteiger partial charge in [-0.3, -0.25) is 0 Å². The Kier molecular flexibility index (Phi) is 3.45. The van der Waals surface area contributed by atoms with E-state index in [9.17, 15) is 0 Å². The molecule has 0 fully saturated rings. The van der Waals surface area contributed by atoms with Gasteiger partial charge in [-0.2, -0.15) is 0 Å². The van der Waals surface area contributed by atoms with E-state index in [2.05, 4.69) is 87.3 Å². The molecule has 1 nitrogen and oxygen atoms in total. The van der Waals surface area contributed by atoms with Gasteiger partial charge in [0.15, 0.2) is 0 Å². The maximum absolute atomic E-state index is 2.35. The van der Waals surface area contributed by atoms with Crippen molar-refractivity contribution in [1.82, 2.24) is 0 Å². The number of aryl methyl sites for hydroxylation is 3. The normalized spacial score (nSPS) is 12.0. The standard InChI is InChI=1S/C23H23N/c1-15-5-9-22-18(11-15)13-19-14-21(8-10-23(19)22)24(4)20-7-6-16(2)17(3)12-20/h5-12,14H,13H2,1-4H3. The minimum atomic E-state index is 1.04. The van der Waals surface area contributed by atoms with E-state index < -0.39 is 0 Å². The average Bonchev–Trinajstić information content (AvgIpc) is 2.93. The van der Waals surface area contributed by atoms with Crippen LogP contribution in [0.5, 0.6) is 0 Å². The summed E-state index contributed by atoms with van der Waals surface area (Å²) in [5.74, 6) is 0. The molecule has 0 amide bonds. The van der Waals surface area contributed by atoms with E-state index in [0.717, 1.165) is 6.42 Å². The SMILES string of the molecule is Cc1ccc2c(c1)Cc1cc(N(C)c3ccc(C)c(C)c3)ccc1-2. The molecule has 1 aliphatic carbocycles. The van der Waals surface area contributed by atoms with Gasteiger partial charge in [-0.05, 0) is 84.8 Å². The van der Waals surface area contributed by atoms with Crippen LogP contribution in [0, 0.1) is 20.8 Å². The first-order valence-electron chi connectivity index (χ1n) is 8.57. The van der Waals surface area contributed by atoms with Crippen LogP contribution >= 0.6 is 0 Å². The van der Waals surface area contributed by atoms with Crippen molar-refractivity contribution in [1.29, 1.82) is 0 Å². The largest absolute Gasteiger partial charge is 0.345 e. The molecule has 0 saturated carbocycles. The molecule has 0 heterocycles. The lowest BCUT2D eigenvalue weighted by Crippen LogP contribution is -2.10. The highest BCUT2D eigenvalue weighted by atomic mass is 15.1. The third-order valence-electron chi connectivity index (χ3n) is 5.29. The Labute approximate surface area is 144 Å². The van der Waals surface area contributed by atoms with Crippen LogP contribution in [-0.2, 0) is 6.42 Å². The van der Waals surface area contributed by atoms with Gasteiger partial charge in [-0.1, -0.05) is 35.9 Å². The van der Waals surface area contributed by atoms with Gasteiger partial charge in [0, 0.05) is 18.4 Å². The zero-order valence-corrected chi connectivity index (χ0v) is 14.9. The second-order valence-corrected chi connectivity index (χ2v) is 7.01. The first kappa shape index (κ1) is 15.0. The number of rotatable bonds is 2. The lowest BCUT2D eigenvalue weighted by molar-refractivity contribution is 1.17. The fraction of sp³-hybridized carbons (Fsp3) is 0.217. The maximum atomic E-state index is 2.35. The van der Waals surface area contributed by atoms with Gasteiger partial charge in [0.2, 0.25) is 0 Å². The topological polar surface area (TPSA) is 3.24 Å². The summed E-state index contributed by atoms with van der Waals surface area (Å²) in [6, 6.07) is 20.3. The lowest BCUT2D eigenvalue weighted by atomic mass is 10.0. The predicted molar refractivity (Wildman–Crippen MR) is 103 cm³/mol. The molecule has 0 bridgehead atoms. The minimum Gasteiger partial charge on any atom is -0.345 e. The Morgan fingerprint density at radius 3 is 2.04 bits per heavy atom. The summed E-state index contributed by atoms with van der Waals surface area (Å²) in [5.41, 5.74) is 12.2. The number of nitrogens with zero attached hydrogens (tertiary/aromatic N) is 1. The molecule has 0 radical (unpaired) electrons. The van der Waals surface area contributed by atoms with Crippen molar-refractivity contribution in [2.45, 2.75) is 27.2 Å². The van der Waals surface area contributed by atoms with Crippen molar-refractivity contribution in [2.75, 3.05) is 11.9 Å². The minimum absolute atomic E-state index is 1.04. The van der Waals surface area contributed by atoms with Gasteiger partial charge < -0.3 is 4.90 Å². The van der Waals surface area contributed by atoms with Crippen LogP contribution in [0.1, 0.15) is 27.8 Å². The summed E-state index contributed by atoms with van der Waals surface area (Å²) in [7, 11) is 2.15. The molecule has 0 spiro atoms. The molecule has 1 aliphatic rings. The highest BCUT2D eigenvalue weighted by Gasteiger charge is 2.19. The summed E-state index contributed by atoms with van der Waals surface area (Å²) < 4.78 is 0. The maximum Gasteiger partial charge on any atom is 0.0411 e. The molecular formula is C23H23N. The smallest absolute Gasteiger partial charge is 0.0411 e. The monoisotopic (exact) mass is 313 g/mol. The van der Waals surface area contributed by atoms with E-state index in [1.54, 1.807) is 0 Å². The molecule has 0 aliphatic heterocycles. The van der Waals surface area contributed by atoms with E-state index in [0.29, 0.717) is 0 Å². The Hall–Kier alpha value is -2.54. The summed E-state index contributed by atoms with van der Waals surface area (Å²) >= 11 is 0. The molecule has 3 aromatic carbocycles. The highest BCUT2D eigenvalue weighted by Crippen LogP contribution is 2.39. The first-order valence-corrected chi connectivity index (χ1v) is 8.57. The Bertz CT molecular complexity index is 937. The number of fused-ring (bicyclic) bond motifs is 3. The Morgan fingerprint density at radius 2 is 1.29 bits per heavy atom. The molecule has 120 valence electrons. The predicted octanol–water partition coefficient (Wildman–Crippen LogP) is 5.95. The zero-order valence-electron chi connectivity index (χ0n) is 14.9. The van der Waals surface area contributed by atoms with E-state index in [4.69, 9.17) is 0 Å². The molecule has 1 heteroatoms. The quantitative estimate of drug-likeness (QED) is 0.442. The van der Waals surface area contributed by atoms with Crippen LogP contribution < -0.4 is 4.90 Å². The number of anilines is 2. The third kappa shape index (κ3) is 2.41. The Morgan fingerprint density at radius 1 is 0.667 bits per heavy atom. The molecule has 0 unspecified atom stereocenters. The van der Waals surface area contributed by atoms with Gasteiger partial charge in [0.05, 0.1) is 0 Å². The van der Waals surface area contributed by atoms with Gasteiger partial charge in [-0.25, -0.2) is 0 Å². The van der Waals surface area contributed by atoms with Crippen LogP contribution in [0.15, 0.2) is 54.6 Å². The number of hydrogen-bond donors (Lipinski definition) is 0. The molecule has 0 saturated heterocycles. The third-order valence-corrected chi connectivity index (χ3v) is 5.29. The average molecular weight is 313 g/mol. The van der Waals surface area contributed by atoms with Crippen molar-refractivity contribution in [2.24, 2.45) is 0 Å². The fourth-order valence-corrected chi connectivity index (χ4v) is 3.62. The van der Waals surface area contributed by atoms with Crippen LogP contribution in [-0.4, -0.2) is 7.05 Å². The summed E-state index contributed by atoms with van der Waals surface area (Å²) in [4.78, 5) is 2.28. The molecule has 3 aromatic rings. The van der Waals surface area contributed by atoms with E-state index in [-0.39, 0.29) is 0 Å². The molecule has 4 rings (SSSR count). The van der Waals surface area contributed by atoms with Gasteiger partial charge in [0.1, 0.15) is 0 Å². The van der Waals surface area contributed by atoms with Crippen molar-refractivity contribution < 1.29 is 0 Å². The molecule has 0 N–H and O–H groups in total. The van der Waals surface area contributed by atoms with Crippen LogP contribution in [0.4, 0.5) is 11.4 Å². The van der Waals surface area contributed by atoms with Gasteiger partial charge in [0.25, 0.3) is 0 Å². The van der Waals surface area contributed by atoms with Crippen molar-refractivity contribution >= 4 is 11.4 Å². The van der Waals surface area contributed by atoms with Crippen LogP contribution in [0.2, 0.25) is 0 Å². The summed E-state index contributed by atoms with van der Waals surface area (Å²) in [6.07, 6.45) is 1.04.